The molecule has 0 saturated carbocycles. The van der Waals surface area contributed by atoms with Crippen molar-refractivity contribution >= 4 is 17.9 Å². The molecular formula is C24H35N5O3. The Labute approximate surface area is 190 Å². The number of hydrogen-bond donors (Lipinski definition) is 1. The summed E-state index contributed by atoms with van der Waals surface area (Å²) in [5, 5.41) is 12.6. The van der Waals surface area contributed by atoms with Gasteiger partial charge in [0.15, 0.2) is 0 Å². The molecule has 8 nitrogen and oxygen atoms in total. The van der Waals surface area contributed by atoms with Crippen molar-refractivity contribution in [2.45, 2.75) is 59.2 Å². The molecule has 1 N–H and O–H groups in total. The van der Waals surface area contributed by atoms with Gasteiger partial charge in [0.2, 0.25) is 5.91 Å². The summed E-state index contributed by atoms with van der Waals surface area (Å²) in [4.78, 5) is 28.7. The zero-order chi connectivity index (χ0) is 23.3. The van der Waals surface area contributed by atoms with Crippen molar-refractivity contribution in [3.05, 3.63) is 28.6 Å². The second-order valence-electron chi connectivity index (χ2n) is 9.03. The molecule has 174 valence electrons. The van der Waals surface area contributed by atoms with E-state index in [9.17, 15) is 14.9 Å². The molecule has 0 bridgehead atoms. The lowest BCUT2D eigenvalue weighted by Crippen LogP contribution is -2.51. The molecule has 2 aliphatic heterocycles. The highest BCUT2D eigenvalue weighted by atomic mass is 16.5. The fraction of sp³-hybridized carbons (Fsp3) is 0.625. The largest absolute Gasteiger partial charge is 0.376 e. The first kappa shape index (κ1) is 24.0. The SMILES string of the molecule is Cc1cc(/C=C(\C#N)C(=O)N2CCN(CC(=O)NC(C)C)CC2)c(C)n1CC1CCCO1. The molecule has 1 atom stereocenters. The van der Waals surface area contributed by atoms with Gasteiger partial charge in [-0.3, -0.25) is 14.5 Å². The molecule has 2 amide bonds. The van der Waals surface area contributed by atoms with Crippen LogP contribution in [0.4, 0.5) is 0 Å². The summed E-state index contributed by atoms with van der Waals surface area (Å²) >= 11 is 0. The van der Waals surface area contributed by atoms with Gasteiger partial charge in [-0.2, -0.15) is 5.26 Å². The van der Waals surface area contributed by atoms with Gasteiger partial charge in [0.05, 0.1) is 12.6 Å². The molecule has 0 spiro atoms. The summed E-state index contributed by atoms with van der Waals surface area (Å²) in [5.41, 5.74) is 3.18. The number of nitriles is 1. The highest BCUT2D eigenvalue weighted by molar-refractivity contribution is 6.01. The fourth-order valence-corrected chi connectivity index (χ4v) is 4.39. The van der Waals surface area contributed by atoms with E-state index in [1.807, 2.05) is 38.7 Å². The predicted octanol–water partition coefficient (Wildman–Crippen LogP) is 1.86. The Morgan fingerprint density at radius 3 is 2.59 bits per heavy atom. The zero-order valence-electron chi connectivity index (χ0n) is 19.7. The van der Waals surface area contributed by atoms with Gasteiger partial charge in [-0.15, -0.1) is 0 Å². The molecule has 0 radical (unpaired) electrons. The van der Waals surface area contributed by atoms with Gasteiger partial charge in [0.1, 0.15) is 11.6 Å². The lowest BCUT2D eigenvalue weighted by atomic mass is 10.1. The first-order valence-corrected chi connectivity index (χ1v) is 11.5. The average molecular weight is 442 g/mol. The number of rotatable bonds is 7. The third-order valence-corrected chi connectivity index (χ3v) is 6.15. The summed E-state index contributed by atoms with van der Waals surface area (Å²) < 4.78 is 7.98. The second-order valence-corrected chi connectivity index (χ2v) is 9.03. The number of aryl methyl sites for hydroxylation is 1. The molecule has 0 aromatic carbocycles. The van der Waals surface area contributed by atoms with Crippen molar-refractivity contribution in [1.29, 1.82) is 5.26 Å². The first-order chi connectivity index (χ1) is 15.3. The van der Waals surface area contributed by atoms with Crippen LogP contribution in [0.2, 0.25) is 0 Å². The monoisotopic (exact) mass is 441 g/mol. The van der Waals surface area contributed by atoms with Crippen molar-refractivity contribution in [3.8, 4) is 6.07 Å². The highest BCUT2D eigenvalue weighted by Gasteiger charge is 2.25. The van der Waals surface area contributed by atoms with Gasteiger partial charge >= 0.3 is 0 Å². The lowest BCUT2D eigenvalue weighted by molar-refractivity contribution is -0.129. The zero-order valence-corrected chi connectivity index (χ0v) is 19.7. The number of nitrogens with zero attached hydrogens (tertiary/aromatic N) is 4. The van der Waals surface area contributed by atoms with Gasteiger partial charge in [-0.1, -0.05) is 0 Å². The molecule has 1 aromatic heterocycles. The average Bonchev–Trinajstić information content (AvgIpc) is 3.35. The fourth-order valence-electron chi connectivity index (χ4n) is 4.39. The van der Waals surface area contributed by atoms with Gasteiger partial charge < -0.3 is 19.5 Å². The molecule has 1 unspecified atom stereocenters. The molecule has 3 heterocycles. The summed E-state index contributed by atoms with van der Waals surface area (Å²) in [6.45, 7) is 12.1. The van der Waals surface area contributed by atoms with E-state index in [-0.39, 0.29) is 29.5 Å². The van der Waals surface area contributed by atoms with E-state index in [1.54, 1.807) is 11.0 Å². The summed E-state index contributed by atoms with van der Waals surface area (Å²) in [6.07, 6.45) is 4.10. The third-order valence-electron chi connectivity index (χ3n) is 6.15. The molecule has 3 rings (SSSR count). The van der Waals surface area contributed by atoms with Crippen LogP contribution in [0.25, 0.3) is 6.08 Å². The maximum absolute atomic E-state index is 13.0. The Kier molecular flexibility index (Phi) is 8.10. The van der Waals surface area contributed by atoms with Crippen LogP contribution >= 0.6 is 0 Å². The molecule has 2 fully saturated rings. The quantitative estimate of drug-likeness (QED) is 0.515. The number of carbonyl (C=O) groups excluding carboxylic acids is 2. The van der Waals surface area contributed by atoms with E-state index in [2.05, 4.69) is 16.0 Å². The maximum atomic E-state index is 13.0. The molecular weight excluding hydrogens is 406 g/mol. The van der Waals surface area contributed by atoms with E-state index < -0.39 is 0 Å². The smallest absolute Gasteiger partial charge is 0.264 e. The van der Waals surface area contributed by atoms with Crippen LogP contribution in [0.15, 0.2) is 11.6 Å². The minimum absolute atomic E-state index is 0.00394. The number of ether oxygens (including phenoxy) is 1. The van der Waals surface area contributed by atoms with Gasteiger partial charge in [-0.05, 0) is 58.2 Å². The van der Waals surface area contributed by atoms with Crippen LogP contribution in [-0.2, 0) is 20.9 Å². The van der Waals surface area contributed by atoms with Crippen molar-refractivity contribution in [2.75, 3.05) is 39.3 Å². The Morgan fingerprint density at radius 1 is 1.28 bits per heavy atom. The number of carbonyl (C=O) groups is 2. The van der Waals surface area contributed by atoms with Gasteiger partial charge in [0, 0.05) is 56.8 Å². The standard InChI is InChI=1S/C24H35N5O3/c1-17(2)26-23(30)16-27-7-9-28(10-8-27)24(31)21(14-25)13-20-12-18(3)29(19(20)4)15-22-6-5-11-32-22/h12-13,17,22H,5-11,15-16H2,1-4H3,(H,26,30)/b21-13+. The summed E-state index contributed by atoms with van der Waals surface area (Å²) in [5.74, 6) is -0.251. The first-order valence-electron chi connectivity index (χ1n) is 11.5. The van der Waals surface area contributed by atoms with Gasteiger partial charge in [0.25, 0.3) is 5.91 Å². The number of nitrogens with one attached hydrogen (secondary N) is 1. The number of piperazine rings is 1. The van der Waals surface area contributed by atoms with E-state index in [0.717, 1.165) is 42.9 Å². The van der Waals surface area contributed by atoms with Crippen LogP contribution in [0.5, 0.6) is 0 Å². The van der Waals surface area contributed by atoms with Crippen LogP contribution in [0.3, 0.4) is 0 Å². The normalized spacial score (nSPS) is 19.9. The van der Waals surface area contributed by atoms with Gasteiger partial charge in [-0.25, -0.2) is 0 Å². The van der Waals surface area contributed by atoms with Crippen LogP contribution < -0.4 is 5.32 Å². The number of aromatic nitrogens is 1. The van der Waals surface area contributed by atoms with Crippen LogP contribution in [0.1, 0.15) is 43.6 Å². The minimum Gasteiger partial charge on any atom is -0.376 e. The van der Waals surface area contributed by atoms with Crippen molar-refractivity contribution in [1.82, 2.24) is 19.7 Å². The molecule has 2 saturated heterocycles. The topological polar surface area (TPSA) is 90.6 Å². The van der Waals surface area contributed by atoms with Crippen molar-refractivity contribution < 1.29 is 14.3 Å². The maximum Gasteiger partial charge on any atom is 0.264 e. The lowest BCUT2D eigenvalue weighted by Gasteiger charge is -2.34. The van der Waals surface area contributed by atoms with E-state index in [4.69, 9.17) is 4.74 Å². The Hall–Kier alpha value is -2.63. The van der Waals surface area contributed by atoms with Crippen molar-refractivity contribution in [2.24, 2.45) is 0 Å². The Balaban J connectivity index is 1.63. The number of hydrogen-bond acceptors (Lipinski definition) is 5. The van der Waals surface area contributed by atoms with Crippen LogP contribution in [-0.4, -0.2) is 77.7 Å². The molecule has 32 heavy (non-hydrogen) atoms. The molecule has 0 aliphatic carbocycles. The van der Waals surface area contributed by atoms with E-state index >= 15 is 0 Å². The summed E-state index contributed by atoms with van der Waals surface area (Å²) in [6, 6.07) is 4.24. The van der Waals surface area contributed by atoms with E-state index in [1.165, 1.54) is 0 Å². The Bertz CT molecular complexity index is 897. The van der Waals surface area contributed by atoms with Crippen molar-refractivity contribution in [3.63, 3.8) is 0 Å². The summed E-state index contributed by atoms with van der Waals surface area (Å²) in [7, 11) is 0. The van der Waals surface area contributed by atoms with E-state index in [0.29, 0.717) is 32.7 Å². The predicted molar refractivity (Wildman–Crippen MR) is 123 cm³/mol. The third kappa shape index (κ3) is 5.99. The second kappa shape index (κ2) is 10.8. The highest BCUT2D eigenvalue weighted by Crippen LogP contribution is 2.22. The van der Waals surface area contributed by atoms with Crippen LogP contribution in [0, 0.1) is 25.2 Å². The molecule has 8 heteroatoms. The Morgan fingerprint density at radius 2 is 2.00 bits per heavy atom. The minimum atomic E-state index is -0.247. The molecule has 1 aromatic rings. The number of amides is 2. The molecule has 2 aliphatic rings.